The van der Waals surface area contributed by atoms with Crippen molar-refractivity contribution in [3.8, 4) is 0 Å². The van der Waals surface area contributed by atoms with Gasteiger partial charge in [-0.25, -0.2) is 0 Å². The van der Waals surface area contributed by atoms with Gasteiger partial charge in [-0.2, -0.15) is 0 Å². The van der Waals surface area contributed by atoms with Crippen LogP contribution in [0.1, 0.15) is 20.9 Å². The molecule has 2 aromatic carbocycles. The molecular weight excluding hydrogens is 432 g/mol. The summed E-state index contributed by atoms with van der Waals surface area (Å²) in [4.78, 5) is 27.4. The van der Waals surface area contributed by atoms with Crippen LogP contribution in [0.3, 0.4) is 0 Å². The van der Waals surface area contributed by atoms with Gasteiger partial charge in [0.1, 0.15) is 0 Å². The molecule has 8 heteroatoms. The fourth-order valence-corrected chi connectivity index (χ4v) is 4.09. The molecule has 1 fully saturated rings. The van der Waals surface area contributed by atoms with Gasteiger partial charge < -0.3 is 24.4 Å². The molecule has 0 atom stereocenters. The van der Waals surface area contributed by atoms with E-state index in [2.05, 4.69) is 32.4 Å². The lowest BCUT2D eigenvalue weighted by Crippen LogP contribution is -2.38. The average molecular weight is 459 g/mol. The van der Waals surface area contributed by atoms with Crippen molar-refractivity contribution in [1.29, 1.82) is 0 Å². The summed E-state index contributed by atoms with van der Waals surface area (Å²) in [5.41, 5.74) is 2.81. The number of ether oxygens (including phenoxy) is 1. The normalized spacial score (nSPS) is 14.2. The molecule has 1 aliphatic rings. The monoisotopic (exact) mass is 458 g/mol. The lowest BCUT2D eigenvalue weighted by atomic mass is 10.1. The Morgan fingerprint density at radius 1 is 0.853 bits per heavy atom. The molecule has 1 saturated heterocycles. The zero-order valence-electron chi connectivity index (χ0n) is 18.7. The van der Waals surface area contributed by atoms with E-state index in [1.807, 2.05) is 18.2 Å². The van der Waals surface area contributed by atoms with Crippen LogP contribution in [0.15, 0.2) is 77.5 Å². The van der Waals surface area contributed by atoms with Crippen LogP contribution in [0.4, 0.5) is 11.4 Å². The number of anilines is 2. The fourth-order valence-electron chi connectivity index (χ4n) is 4.09. The van der Waals surface area contributed by atoms with Gasteiger partial charge in [0.15, 0.2) is 5.76 Å². The first-order valence-corrected chi connectivity index (χ1v) is 11.3. The van der Waals surface area contributed by atoms with Gasteiger partial charge in [-0.1, -0.05) is 6.07 Å². The van der Waals surface area contributed by atoms with Gasteiger partial charge in [0.25, 0.3) is 11.8 Å². The molecule has 1 aliphatic heterocycles. The van der Waals surface area contributed by atoms with E-state index < -0.39 is 0 Å². The van der Waals surface area contributed by atoms with Crippen molar-refractivity contribution in [2.75, 3.05) is 43.5 Å². The molecule has 8 nitrogen and oxygen atoms in total. The molecule has 2 N–H and O–H groups in total. The minimum Gasteiger partial charge on any atom is -0.459 e. The van der Waals surface area contributed by atoms with E-state index >= 15 is 0 Å². The number of fused-ring (bicyclic) bond motifs is 1. The minimum atomic E-state index is -0.369. The molecule has 4 aromatic rings. The van der Waals surface area contributed by atoms with Crippen molar-refractivity contribution in [3.63, 3.8) is 0 Å². The van der Waals surface area contributed by atoms with Crippen LogP contribution in [0.25, 0.3) is 10.9 Å². The van der Waals surface area contributed by atoms with E-state index in [0.29, 0.717) is 16.9 Å². The SMILES string of the molecule is O=C(Nc1ccc2c(ccn2CCN2CCOCC2)c1)c1cccc(NC(=O)c2ccco2)c1. The Morgan fingerprint density at radius 3 is 2.50 bits per heavy atom. The summed E-state index contributed by atoms with van der Waals surface area (Å²) in [5, 5.41) is 6.76. The number of morpholine rings is 1. The summed E-state index contributed by atoms with van der Waals surface area (Å²) in [5.74, 6) is -0.411. The van der Waals surface area contributed by atoms with Crippen LogP contribution in [0.2, 0.25) is 0 Å². The summed E-state index contributed by atoms with van der Waals surface area (Å²) in [6, 6.07) is 18.0. The highest BCUT2D eigenvalue weighted by atomic mass is 16.5. The second-order valence-corrected chi connectivity index (χ2v) is 8.20. The maximum atomic E-state index is 12.8. The Labute approximate surface area is 197 Å². The molecular formula is C26H26N4O4. The fraction of sp³-hybridized carbons (Fsp3) is 0.231. The second kappa shape index (κ2) is 9.94. The number of carbonyl (C=O) groups excluding carboxylic acids is 2. The number of rotatable bonds is 7. The smallest absolute Gasteiger partial charge is 0.291 e. The van der Waals surface area contributed by atoms with Gasteiger partial charge in [0.2, 0.25) is 0 Å². The lowest BCUT2D eigenvalue weighted by molar-refractivity contribution is 0.0365. The quantitative estimate of drug-likeness (QED) is 0.436. The first kappa shape index (κ1) is 21.9. The summed E-state index contributed by atoms with van der Waals surface area (Å²) in [6.45, 7) is 5.44. The Kier molecular flexibility index (Phi) is 6.42. The first-order chi connectivity index (χ1) is 16.7. The highest BCUT2D eigenvalue weighted by Gasteiger charge is 2.13. The van der Waals surface area contributed by atoms with Gasteiger partial charge in [-0.05, 0) is 54.6 Å². The number of amides is 2. The standard InChI is InChI=1S/C26H26N4O4/c31-25(20-3-1-4-21(18-20)28-26(32)24-5-2-14-34-24)27-22-6-7-23-19(17-22)8-9-30(23)11-10-29-12-15-33-16-13-29/h1-9,14,17-18H,10-13,15-16H2,(H,27,31)(H,28,32). The van der Waals surface area contributed by atoms with E-state index in [-0.39, 0.29) is 17.6 Å². The van der Waals surface area contributed by atoms with E-state index in [9.17, 15) is 9.59 Å². The van der Waals surface area contributed by atoms with Crippen LogP contribution in [-0.4, -0.2) is 54.1 Å². The van der Waals surface area contributed by atoms with Crippen molar-refractivity contribution < 1.29 is 18.7 Å². The van der Waals surface area contributed by atoms with Gasteiger partial charge in [-0.3, -0.25) is 14.5 Å². The third-order valence-corrected chi connectivity index (χ3v) is 5.92. The Balaban J connectivity index is 1.23. The molecule has 0 radical (unpaired) electrons. The zero-order valence-corrected chi connectivity index (χ0v) is 18.7. The molecule has 2 amide bonds. The average Bonchev–Trinajstić information content (AvgIpc) is 3.54. The van der Waals surface area contributed by atoms with Crippen LogP contribution in [0.5, 0.6) is 0 Å². The highest BCUT2D eigenvalue weighted by Crippen LogP contribution is 2.22. The van der Waals surface area contributed by atoms with Gasteiger partial charge in [-0.15, -0.1) is 0 Å². The van der Waals surface area contributed by atoms with Crippen molar-refractivity contribution in [1.82, 2.24) is 9.47 Å². The summed E-state index contributed by atoms with van der Waals surface area (Å²) >= 11 is 0. The number of aromatic nitrogens is 1. The highest BCUT2D eigenvalue weighted by molar-refractivity contribution is 6.07. The summed E-state index contributed by atoms with van der Waals surface area (Å²) in [7, 11) is 0. The maximum Gasteiger partial charge on any atom is 0.291 e. The summed E-state index contributed by atoms with van der Waals surface area (Å²) < 4.78 is 12.8. The number of nitrogens with zero attached hydrogens (tertiary/aromatic N) is 2. The molecule has 2 aromatic heterocycles. The number of furan rings is 1. The van der Waals surface area contributed by atoms with Gasteiger partial charge >= 0.3 is 0 Å². The molecule has 0 aliphatic carbocycles. The van der Waals surface area contributed by atoms with Crippen LogP contribution in [-0.2, 0) is 11.3 Å². The predicted octanol–water partition coefficient (Wildman–Crippen LogP) is 4.07. The number of benzene rings is 2. The molecule has 0 spiro atoms. The number of hydrogen-bond acceptors (Lipinski definition) is 5. The molecule has 3 heterocycles. The first-order valence-electron chi connectivity index (χ1n) is 11.3. The van der Waals surface area contributed by atoms with Crippen LogP contribution >= 0.6 is 0 Å². The molecule has 0 unspecified atom stereocenters. The number of carbonyl (C=O) groups is 2. The van der Waals surface area contributed by atoms with Crippen LogP contribution < -0.4 is 10.6 Å². The van der Waals surface area contributed by atoms with Crippen molar-refractivity contribution >= 4 is 34.1 Å². The van der Waals surface area contributed by atoms with Gasteiger partial charge in [0, 0.05) is 60.2 Å². The second-order valence-electron chi connectivity index (χ2n) is 8.20. The minimum absolute atomic E-state index is 0.208. The third-order valence-electron chi connectivity index (χ3n) is 5.92. The summed E-state index contributed by atoms with van der Waals surface area (Å²) in [6.07, 6.45) is 3.52. The van der Waals surface area contributed by atoms with Crippen molar-refractivity contribution in [2.24, 2.45) is 0 Å². The predicted molar refractivity (Wildman–Crippen MR) is 130 cm³/mol. The van der Waals surface area contributed by atoms with E-state index in [1.54, 1.807) is 36.4 Å². The van der Waals surface area contributed by atoms with Crippen molar-refractivity contribution in [2.45, 2.75) is 6.54 Å². The van der Waals surface area contributed by atoms with Crippen LogP contribution in [0, 0.1) is 0 Å². The van der Waals surface area contributed by atoms with Crippen molar-refractivity contribution in [3.05, 3.63) is 84.4 Å². The van der Waals surface area contributed by atoms with E-state index in [0.717, 1.165) is 50.3 Å². The van der Waals surface area contributed by atoms with E-state index in [4.69, 9.17) is 9.15 Å². The zero-order chi connectivity index (χ0) is 23.3. The lowest BCUT2D eigenvalue weighted by Gasteiger charge is -2.26. The Morgan fingerprint density at radius 2 is 1.68 bits per heavy atom. The Bertz CT molecular complexity index is 1290. The Hall–Kier alpha value is -3.88. The molecule has 174 valence electrons. The molecule has 5 rings (SSSR count). The number of nitrogens with one attached hydrogen (secondary N) is 2. The maximum absolute atomic E-state index is 12.8. The molecule has 0 bridgehead atoms. The molecule has 0 saturated carbocycles. The molecule has 34 heavy (non-hydrogen) atoms. The topological polar surface area (TPSA) is 88.7 Å². The van der Waals surface area contributed by atoms with E-state index in [1.165, 1.54) is 6.26 Å². The third kappa shape index (κ3) is 5.03. The van der Waals surface area contributed by atoms with Gasteiger partial charge in [0.05, 0.1) is 19.5 Å². The largest absolute Gasteiger partial charge is 0.459 e. The number of hydrogen-bond donors (Lipinski definition) is 2.